The number of amides is 1. The zero-order chi connectivity index (χ0) is 33.8. The lowest BCUT2D eigenvalue weighted by molar-refractivity contribution is -0.190. The monoisotopic (exact) mass is 649 g/mol. The molecule has 11 nitrogen and oxygen atoms in total. The number of rotatable bonds is 8. The van der Waals surface area contributed by atoms with Gasteiger partial charge in [-0.15, -0.1) is 0 Å². The van der Waals surface area contributed by atoms with Gasteiger partial charge in [-0.3, -0.25) is 9.59 Å². The van der Waals surface area contributed by atoms with Crippen molar-refractivity contribution in [2.24, 2.45) is 5.92 Å². The highest BCUT2D eigenvalue weighted by atomic mass is 28.3. The summed E-state index contributed by atoms with van der Waals surface area (Å²) in [7, 11) is -2.42. The summed E-state index contributed by atoms with van der Waals surface area (Å²) in [5, 5.41) is 13.3. The number of hydrogen-bond acceptors (Lipinski definition) is 9. The summed E-state index contributed by atoms with van der Waals surface area (Å²) in [6.07, 6.45) is -0.873. The summed E-state index contributed by atoms with van der Waals surface area (Å²) in [6.45, 7) is 15.5. The van der Waals surface area contributed by atoms with Crippen molar-refractivity contribution in [2.75, 3.05) is 6.54 Å². The number of benzene rings is 1. The number of aromatic hydroxyl groups is 1. The van der Waals surface area contributed by atoms with Crippen LogP contribution in [-0.4, -0.2) is 52.9 Å². The molecule has 2 aromatic heterocycles. The van der Waals surface area contributed by atoms with E-state index in [1.165, 1.54) is 0 Å². The van der Waals surface area contributed by atoms with Gasteiger partial charge in [0.15, 0.2) is 0 Å². The normalized spacial score (nSPS) is 18.9. The molecule has 2 aliphatic rings. The van der Waals surface area contributed by atoms with Crippen LogP contribution in [0.5, 0.6) is 5.75 Å². The standard InChI is InChI=1S/C34H43N3O8Si/c1-9-34(44-26(39)12-13-35-32(42)45-33(4,5)6)23-16-25-28-21(14-20-15-22(38)10-11-24(20)36-28)17-37(25)29(40)27(23)30(43-31(34)41)46(7,8)18-19(2)3/h10-11,14-16,19,30,38H,9,12-13,17-18H2,1-8H3,(H,35,42). The van der Waals surface area contributed by atoms with E-state index in [4.69, 9.17) is 19.2 Å². The fourth-order valence-electron chi connectivity index (χ4n) is 6.73. The summed E-state index contributed by atoms with van der Waals surface area (Å²) in [5.41, 5.74) is -0.403. The van der Waals surface area contributed by atoms with Crippen molar-refractivity contribution < 1.29 is 33.7 Å². The minimum atomic E-state index is -2.42. The number of carbonyl (C=O) groups is 3. The number of esters is 2. The minimum Gasteiger partial charge on any atom is -0.508 e. The van der Waals surface area contributed by atoms with Crippen LogP contribution >= 0.6 is 0 Å². The lowest BCUT2D eigenvalue weighted by atomic mass is 9.85. The Bertz CT molecular complexity index is 1790. The molecule has 0 bridgehead atoms. The third kappa shape index (κ3) is 6.14. The van der Waals surface area contributed by atoms with Crippen LogP contribution in [0, 0.1) is 5.92 Å². The lowest BCUT2D eigenvalue weighted by Crippen LogP contribution is -2.54. The fraction of sp³-hybridized carbons (Fsp3) is 0.500. The lowest BCUT2D eigenvalue weighted by Gasteiger charge is -2.43. The molecule has 46 heavy (non-hydrogen) atoms. The molecule has 4 heterocycles. The highest BCUT2D eigenvalue weighted by molar-refractivity contribution is 6.78. The first-order chi connectivity index (χ1) is 21.5. The Morgan fingerprint density at radius 1 is 1.20 bits per heavy atom. The van der Waals surface area contributed by atoms with Crippen molar-refractivity contribution in [1.29, 1.82) is 0 Å². The van der Waals surface area contributed by atoms with E-state index in [1.807, 2.05) is 6.07 Å². The second-order valence-electron chi connectivity index (χ2n) is 14.3. The first-order valence-electron chi connectivity index (χ1n) is 15.8. The molecule has 2 aliphatic heterocycles. The second kappa shape index (κ2) is 11.9. The molecule has 2 atom stereocenters. The first-order valence-corrected chi connectivity index (χ1v) is 19.0. The van der Waals surface area contributed by atoms with Crippen LogP contribution in [0.15, 0.2) is 35.1 Å². The minimum absolute atomic E-state index is 0.0309. The van der Waals surface area contributed by atoms with Crippen molar-refractivity contribution in [2.45, 2.75) is 97.0 Å². The molecule has 246 valence electrons. The Hall–Kier alpha value is -4.19. The molecule has 3 aromatic rings. The molecule has 0 fully saturated rings. The molecule has 5 rings (SSSR count). The van der Waals surface area contributed by atoms with Gasteiger partial charge < -0.3 is 29.2 Å². The molecular formula is C34H43N3O8Si. The quantitative estimate of drug-likeness (QED) is 0.140. The average Bonchev–Trinajstić information content (AvgIpc) is 3.29. The van der Waals surface area contributed by atoms with Gasteiger partial charge in [-0.1, -0.05) is 39.9 Å². The molecule has 2 unspecified atom stereocenters. The van der Waals surface area contributed by atoms with Crippen LogP contribution in [0.4, 0.5) is 4.79 Å². The molecular weight excluding hydrogens is 606 g/mol. The number of phenolic OH excluding ortho intramolecular Hbond substituents is 1. The van der Waals surface area contributed by atoms with Crippen molar-refractivity contribution in [3.05, 3.63) is 57.4 Å². The van der Waals surface area contributed by atoms with Crippen LogP contribution in [-0.2, 0) is 35.9 Å². The Kier molecular flexibility index (Phi) is 8.56. The van der Waals surface area contributed by atoms with E-state index >= 15 is 0 Å². The number of nitrogens with zero attached hydrogens (tertiary/aromatic N) is 2. The predicted octanol–water partition coefficient (Wildman–Crippen LogP) is 5.70. The second-order valence-corrected chi connectivity index (χ2v) is 19.2. The van der Waals surface area contributed by atoms with Gasteiger partial charge >= 0.3 is 18.0 Å². The zero-order valence-electron chi connectivity index (χ0n) is 27.8. The predicted molar refractivity (Wildman–Crippen MR) is 175 cm³/mol. The summed E-state index contributed by atoms with van der Waals surface area (Å²) >= 11 is 0. The number of phenols is 1. The van der Waals surface area contributed by atoms with Crippen molar-refractivity contribution in [3.8, 4) is 17.1 Å². The summed E-state index contributed by atoms with van der Waals surface area (Å²) in [4.78, 5) is 58.8. The molecule has 0 radical (unpaired) electrons. The van der Waals surface area contributed by atoms with E-state index in [0.717, 1.165) is 17.0 Å². The van der Waals surface area contributed by atoms with Crippen molar-refractivity contribution >= 4 is 37.0 Å². The third-order valence-corrected chi connectivity index (χ3v) is 12.2. The van der Waals surface area contributed by atoms with Gasteiger partial charge in [0.05, 0.1) is 35.4 Å². The third-order valence-electron chi connectivity index (χ3n) is 8.47. The average molecular weight is 650 g/mol. The van der Waals surface area contributed by atoms with Crippen molar-refractivity contribution in [3.63, 3.8) is 0 Å². The molecule has 0 saturated heterocycles. The Labute approximate surface area is 269 Å². The van der Waals surface area contributed by atoms with Gasteiger partial charge in [-0.05, 0) is 63.4 Å². The van der Waals surface area contributed by atoms with E-state index in [9.17, 15) is 24.3 Å². The van der Waals surface area contributed by atoms with Gasteiger partial charge in [-0.2, -0.15) is 0 Å². The first kappa shape index (κ1) is 33.2. The van der Waals surface area contributed by atoms with Gasteiger partial charge in [0.25, 0.3) is 5.56 Å². The number of hydrogen-bond donors (Lipinski definition) is 2. The van der Waals surface area contributed by atoms with E-state index in [2.05, 4.69) is 32.3 Å². The molecule has 0 saturated carbocycles. The molecule has 12 heteroatoms. The summed E-state index contributed by atoms with van der Waals surface area (Å²) in [6, 6.07) is 9.37. The largest absolute Gasteiger partial charge is 0.508 e. The van der Waals surface area contributed by atoms with Crippen LogP contribution in [0.1, 0.15) is 76.8 Å². The van der Waals surface area contributed by atoms with Crippen molar-refractivity contribution in [1.82, 2.24) is 14.9 Å². The number of cyclic esters (lactones) is 1. The molecule has 1 aromatic carbocycles. The van der Waals surface area contributed by atoms with Gasteiger partial charge in [-0.25, -0.2) is 14.6 Å². The Morgan fingerprint density at radius 2 is 1.91 bits per heavy atom. The van der Waals surface area contributed by atoms with E-state index in [0.29, 0.717) is 33.9 Å². The summed E-state index contributed by atoms with van der Waals surface area (Å²) in [5.74, 6) is -1.02. The maximum atomic E-state index is 14.5. The van der Waals surface area contributed by atoms with E-state index in [1.54, 1.807) is 56.5 Å². The number of fused-ring (bicyclic) bond motifs is 5. The van der Waals surface area contributed by atoms with Crippen LogP contribution < -0.4 is 10.9 Å². The van der Waals surface area contributed by atoms with Gasteiger partial charge in [0, 0.05) is 23.1 Å². The van der Waals surface area contributed by atoms with Gasteiger partial charge in [0.2, 0.25) is 5.60 Å². The summed E-state index contributed by atoms with van der Waals surface area (Å²) < 4.78 is 19.0. The number of nitrogens with one attached hydrogen (secondary N) is 1. The molecule has 1 amide bonds. The number of carbonyl (C=O) groups excluding carboxylic acids is 3. The van der Waals surface area contributed by atoms with Crippen LogP contribution in [0.3, 0.4) is 0 Å². The topological polar surface area (TPSA) is 146 Å². The van der Waals surface area contributed by atoms with Crippen LogP contribution in [0.25, 0.3) is 22.3 Å². The number of ether oxygens (including phenoxy) is 3. The number of alkyl carbamates (subject to hydrolysis) is 1. The molecule has 0 aliphatic carbocycles. The number of aromatic nitrogens is 2. The SMILES string of the molecule is CCC1(OC(=O)CCNC(=O)OC(C)(C)C)C(=O)OC([Si](C)(C)CC(C)C)c2c1cc1n(c2=O)Cc2cc3cc(O)ccc3nc2-1. The fourth-order valence-corrected chi connectivity index (χ4v) is 10.5. The highest BCUT2D eigenvalue weighted by Gasteiger charge is 2.56. The Morgan fingerprint density at radius 3 is 2.57 bits per heavy atom. The van der Waals surface area contributed by atoms with Gasteiger partial charge in [0.1, 0.15) is 25.2 Å². The zero-order valence-corrected chi connectivity index (χ0v) is 28.8. The maximum absolute atomic E-state index is 14.5. The number of pyridine rings is 2. The van der Waals surface area contributed by atoms with E-state index in [-0.39, 0.29) is 37.2 Å². The molecule has 2 N–H and O–H groups in total. The Balaban J connectivity index is 1.60. The molecule has 0 spiro atoms. The smallest absolute Gasteiger partial charge is 0.407 e. The highest BCUT2D eigenvalue weighted by Crippen LogP contribution is 2.47. The van der Waals surface area contributed by atoms with E-state index < -0.39 is 43.0 Å². The van der Waals surface area contributed by atoms with Crippen LogP contribution in [0.2, 0.25) is 19.1 Å². The maximum Gasteiger partial charge on any atom is 0.407 e.